The summed E-state index contributed by atoms with van der Waals surface area (Å²) in [6.45, 7) is 1.87. The molecule has 106 valence electrons. The molecule has 1 aromatic heterocycles. The second-order valence-corrected chi connectivity index (χ2v) is 6.50. The lowest BCUT2D eigenvalue weighted by molar-refractivity contribution is 0.403. The topological polar surface area (TPSA) is 82.3 Å². The second-order valence-electron chi connectivity index (χ2n) is 4.54. The Bertz CT molecular complexity index is 727. The molecule has 20 heavy (non-hydrogen) atoms. The second kappa shape index (κ2) is 5.50. The quantitative estimate of drug-likeness (QED) is 0.871. The minimum atomic E-state index is -3.51. The average molecular weight is 292 g/mol. The number of rotatable bonds is 4. The monoisotopic (exact) mass is 292 g/mol. The van der Waals surface area contributed by atoms with Crippen LogP contribution in [0.3, 0.4) is 0 Å². The van der Waals surface area contributed by atoms with Crippen LogP contribution in [0.4, 0.5) is 5.69 Å². The lowest BCUT2D eigenvalue weighted by Crippen LogP contribution is -2.07. The van der Waals surface area contributed by atoms with Crippen LogP contribution in [-0.4, -0.2) is 20.5 Å². The van der Waals surface area contributed by atoms with Gasteiger partial charge in [-0.25, -0.2) is 8.42 Å². The van der Waals surface area contributed by atoms with Crippen molar-refractivity contribution in [1.82, 2.24) is 4.98 Å². The highest BCUT2D eigenvalue weighted by atomic mass is 32.2. The first kappa shape index (κ1) is 14.3. The molecule has 0 aliphatic carbocycles. The summed E-state index contributed by atoms with van der Waals surface area (Å²) in [5, 5.41) is 0. The minimum Gasteiger partial charge on any atom is -0.495 e. The van der Waals surface area contributed by atoms with Crippen LogP contribution in [0.1, 0.15) is 11.1 Å². The first-order chi connectivity index (χ1) is 9.42. The number of aromatic nitrogens is 1. The molecular formula is C14H16N2O3S. The molecule has 1 heterocycles. The Labute approximate surface area is 118 Å². The largest absolute Gasteiger partial charge is 0.495 e. The van der Waals surface area contributed by atoms with Crippen molar-refractivity contribution in [1.29, 1.82) is 0 Å². The van der Waals surface area contributed by atoms with E-state index in [1.807, 2.05) is 6.92 Å². The molecule has 5 nitrogen and oxygen atoms in total. The molecule has 0 saturated heterocycles. The predicted octanol–water partition coefficient (Wildman–Crippen LogP) is 1.95. The van der Waals surface area contributed by atoms with Crippen molar-refractivity contribution in [3.8, 4) is 5.75 Å². The Morgan fingerprint density at radius 1 is 1.25 bits per heavy atom. The van der Waals surface area contributed by atoms with Gasteiger partial charge in [-0.15, -0.1) is 0 Å². The van der Waals surface area contributed by atoms with Gasteiger partial charge in [0.05, 0.1) is 12.9 Å². The van der Waals surface area contributed by atoms with Crippen molar-refractivity contribution in [2.24, 2.45) is 0 Å². The Hall–Kier alpha value is -2.08. The van der Waals surface area contributed by atoms with Crippen LogP contribution in [0.2, 0.25) is 0 Å². The third kappa shape index (κ3) is 3.08. The average Bonchev–Trinajstić information content (AvgIpc) is 2.37. The van der Waals surface area contributed by atoms with Gasteiger partial charge in [-0.3, -0.25) is 4.98 Å². The van der Waals surface area contributed by atoms with Gasteiger partial charge in [-0.2, -0.15) is 0 Å². The number of anilines is 1. The maximum Gasteiger partial charge on any atom is 0.186 e. The number of sulfone groups is 1. The fourth-order valence-electron chi connectivity index (χ4n) is 1.93. The fourth-order valence-corrected chi connectivity index (χ4v) is 3.41. The maximum atomic E-state index is 12.5. The summed E-state index contributed by atoms with van der Waals surface area (Å²) in [4.78, 5) is 4.14. The number of nitrogens with zero attached hydrogens (tertiary/aromatic N) is 1. The zero-order valence-corrected chi connectivity index (χ0v) is 12.1. The van der Waals surface area contributed by atoms with Crippen molar-refractivity contribution in [2.75, 3.05) is 12.8 Å². The highest BCUT2D eigenvalue weighted by Gasteiger charge is 2.20. The van der Waals surface area contributed by atoms with E-state index in [2.05, 4.69) is 4.98 Å². The lowest BCUT2D eigenvalue weighted by Gasteiger charge is -2.10. The number of aryl methyl sites for hydroxylation is 1. The van der Waals surface area contributed by atoms with Crippen molar-refractivity contribution < 1.29 is 13.2 Å². The minimum absolute atomic E-state index is 0.123. The van der Waals surface area contributed by atoms with Gasteiger partial charge in [0.15, 0.2) is 9.84 Å². The van der Waals surface area contributed by atoms with E-state index in [4.69, 9.17) is 10.5 Å². The van der Waals surface area contributed by atoms with Gasteiger partial charge < -0.3 is 10.5 Å². The smallest absolute Gasteiger partial charge is 0.186 e. The maximum absolute atomic E-state index is 12.5. The van der Waals surface area contributed by atoms with E-state index in [1.54, 1.807) is 24.5 Å². The van der Waals surface area contributed by atoms with Crippen LogP contribution in [0, 0.1) is 6.92 Å². The first-order valence-corrected chi connectivity index (χ1v) is 7.64. The summed E-state index contributed by atoms with van der Waals surface area (Å²) in [6.07, 6.45) is 3.23. The van der Waals surface area contributed by atoms with Crippen LogP contribution in [-0.2, 0) is 15.6 Å². The summed E-state index contributed by atoms with van der Waals surface area (Å²) in [5.41, 5.74) is 7.65. The third-order valence-electron chi connectivity index (χ3n) is 2.81. The van der Waals surface area contributed by atoms with Crippen LogP contribution >= 0.6 is 0 Å². The highest BCUT2D eigenvalue weighted by molar-refractivity contribution is 7.90. The number of nitrogens with two attached hydrogens (primary N) is 1. The van der Waals surface area contributed by atoms with E-state index >= 15 is 0 Å². The summed E-state index contributed by atoms with van der Waals surface area (Å²) in [7, 11) is -2.09. The molecule has 0 saturated carbocycles. The molecule has 2 rings (SSSR count). The summed E-state index contributed by atoms with van der Waals surface area (Å²) in [6, 6.07) is 6.31. The molecule has 0 aliphatic heterocycles. The zero-order valence-electron chi connectivity index (χ0n) is 11.3. The van der Waals surface area contributed by atoms with E-state index in [1.165, 1.54) is 19.2 Å². The first-order valence-electron chi connectivity index (χ1n) is 5.99. The van der Waals surface area contributed by atoms with Gasteiger partial charge in [0.1, 0.15) is 10.6 Å². The van der Waals surface area contributed by atoms with Gasteiger partial charge in [0.25, 0.3) is 0 Å². The molecule has 1 aromatic carbocycles. The van der Waals surface area contributed by atoms with E-state index in [0.29, 0.717) is 11.3 Å². The molecule has 0 fully saturated rings. The van der Waals surface area contributed by atoms with Gasteiger partial charge in [-0.05, 0) is 30.2 Å². The summed E-state index contributed by atoms with van der Waals surface area (Å²) in [5.74, 6) is 0.132. The number of ether oxygens (including phenoxy) is 1. The van der Waals surface area contributed by atoms with E-state index in [0.717, 1.165) is 5.56 Å². The van der Waals surface area contributed by atoms with Crippen molar-refractivity contribution >= 4 is 15.5 Å². The predicted molar refractivity (Wildman–Crippen MR) is 77.3 cm³/mol. The molecule has 0 radical (unpaired) electrons. The molecule has 0 amide bonds. The normalized spacial score (nSPS) is 11.3. The lowest BCUT2D eigenvalue weighted by atomic mass is 10.2. The van der Waals surface area contributed by atoms with Gasteiger partial charge in [-0.1, -0.05) is 6.07 Å². The third-order valence-corrected chi connectivity index (χ3v) is 4.53. The molecule has 0 spiro atoms. The number of hydrogen-bond donors (Lipinski definition) is 1. The van der Waals surface area contributed by atoms with Crippen molar-refractivity contribution in [2.45, 2.75) is 17.6 Å². The van der Waals surface area contributed by atoms with E-state index in [9.17, 15) is 8.42 Å². The Morgan fingerprint density at radius 3 is 2.65 bits per heavy atom. The number of methoxy groups -OCH3 is 1. The fraction of sp³-hybridized carbons (Fsp3) is 0.214. The van der Waals surface area contributed by atoms with Crippen LogP contribution in [0.5, 0.6) is 5.75 Å². The van der Waals surface area contributed by atoms with E-state index in [-0.39, 0.29) is 16.4 Å². The van der Waals surface area contributed by atoms with Gasteiger partial charge in [0, 0.05) is 24.1 Å². The van der Waals surface area contributed by atoms with Crippen molar-refractivity contribution in [3.63, 3.8) is 0 Å². The van der Waals surface area contributed by atoms with Crippen LogP contribution in [0.25, 0.3) is 0 Å². The summed E-state index contributed by atoms with van der Waals surface area (Å²) >= 11 is 0. The SMILES string of the molecule is COc1cc(N)ccc1S(=O)(=O)Cc1cncc(C)c1. The molecule has 0 bridgehead atoms. The number of nitrogen functional groups attached to an aromatic ring is 1. The zero-order chi connectivity index (χ0) is 14.8. The standard InChI is InChI=1S/C14H16N2O3S/c1-10-5-11(8-16-7-10)9-20(17,18)14-4-3-12(15)6-13(14)19-2/h3-8H,9,15H2,1-2H3. The molecule has 0 atom stereocenters. The van der Waals surface area contributed by atoms with Gasteiger partial charge >= 0.3 is 0 Å². The number of hydrogen-bond acceptors (Lipinski definition) is 5. The molecule has 2 aromatic rings. The molecule has 6 heteroatoms. The number of benzene rings is 1. The molecular weight excluding hydrogens is 276 g/mol. The molecule has 0 unspecified atom stereocenters. The van der Waals surface area contributed by atoms with E-state index < -0.39 is 9.84 Å². The molecule has 0 aliphatic rings. The van der Waals surface area contributed by atoms with Crippen LogP contribution < -0.4 is 10.5 Å². The Kier molecular flexibility index (Phi) is 3.94. The van der Waals surface area contributed by atoms with Crippen LogP contribution in [0.15, 0.2) is 41.6 Å². The molecule has 2 N–H and O–H groups in total. The Morgan fingerprint density at radius 2 is 2.00 bits per heavy atom. The Balaban J connectivity index is 2.40. The number of pyridine rings is 1. The van der Waals surface area contributed by atoms with Crippen molar-refractivity contribution in [3.05, 3.63) is 47.8 Å². The summed E-state index contributed by atoms with van der Waals surface area (Å²) < 4.78 is 30.0. The highest BCUT2D eigenvalue weighted by Crippen LogP contribution is 2.28. The van der Waals surface area contributed by atoms with Gasteiger partial charge in [0.2, 0.25) is 0 Å².